The van der Waals surface area contributed by atoms with Crippen LogP contribution in [0.25, 0.3) is 0 Å². The Morgan fingerprint density at radius 2 is 1.88 bits per heavy atom. The standard InChI is InChI=1S/C25H31N3O4S2/c1-18-15-19(2)25(20(3)16-18)34(30,31)26(4)12-13-32-17-23(29)28-11-10-27-9-5-7-21(27)24(28)22-8-6-14-33-22/h5-9,14-16,24H,10-13,17H2,1-4H3. The molecule has 1 aliphatic rings. The van der Waals surface area contributed by atoms with Crippen LogP contribution in [0.1, 0.15) is 33.3 Å². The molecule has 4 rings (SSSR count). The highest BCUT2D eigenvalue weighted by Gasteiger charge is 2.32. The van der Waals surface area contributed by atoms with Crippen molar-refractivity contribution in [2.24, 2.45) is 0 Å². The molecule has 3 heterocycles. The van der Waals surface area contributed by atoms with E-state index in [1.165, 1.54) is 4.31 Å². The molecule has 0 N–H and O–H groups in total. The SMILES string of the molecule is Cc1cc(C)c(S(=O)(=O)N(C)CCOCC(=O)N2CCn3cccc3C2c2cccs2)c(C)c1. The van der Waals surface area contributed by atoms with Crippen molar-refractivity contribution in [1.82, 2.24) is 13.8 Å². The lowest BCUT2D eigenvalue weighted by molar-refractivity contribution is -0.138. The summed E-state index contributed by atoms with van der Waals surface area (Å²) >= 11 is 1.63. The monoisotopic (exact) mass is 501 g/mol. The Morgan fingerprint density at radius 3 is 2.56 bits per heavy atom. The van der Waals surface area contributed by atoms with Gasteiger partial charge in [-0.15, -0.1) is 11.3 Å². The van der Waals surface area contributed by atoms with Crippen LogP contribution in [-0.2, 0) is 26.1 Å². The van der Waals surface area contributed by atoms with Gasteiger partial charge in [0, 0.05) is 43.4 Å². The molecule has 7 nitrogen and oxygen atoms in total. The van der Waals surface area contributed by atoms with Crippen LogP contribution >= 0.6 is 11.3 Å². The minimum atomic E-state index is -3.65. The molecule has 182 valence electrons. The summed E-state index contributed by atoms with van der Waals surface area (Å²) in [5.41, 5.74) is 3.59. The van der Waals surface area contributed by atoms with Gasteiger partial charge in [-0.3, -0.25) is 4.79 Å². The van der Waals surface area contributed by atoms with E-state index in [0.717, 1.165) is 33.8 Å². The molecule has 0 aliphatic carbocycles. The van der Waals surface area contributed by atoms with Crippen molar-refractivity contribution in [1.29, 1.82) is 0 Å². The quantitative estimate of drug-likeness (QED) is 0.441. The number of carbonyl (C=O) groups is 1. The topological polar surface area (TPSA) is 71.8 Å². The first kappa shape index (κ1) is 24.7. The number of hydrogen-bond donors (Lipinski definition) is 0. The summed E-state index contributed by atoms with van der Waals surface area (Å²) in [5, 5.41) is 2.02. The Kier molecular flexibility index (Phi) is 7.28. The Bertz CT molecular complexity index is 1240. The van der Waals surface area contributed by atoms with Crippen molar-refractivity contribution in [2.75, 3.05) is 33.4 Å². The summed E-state index contributed by atoms with van der Waals surface area (Å²) in [6.45, 7) is 7.15. The zero-order chi connectivity index (χ0) is 24.5. The van der Waals surface area contributed by atoms with Crippen molar-refractivity contribution < 1.29 is 17.9 Å². The number of likely N-dealkylation sites (N-methyl/N-ethyl adjacent to an activating group) is 1. The molecular weight excluding hydrogens is 470 g/mol. The zero-order valence-corrected chi connectivity index (χ0v) is 21.7. The van der Waals surface area contributed by atoms with Gasteiger partial charge in [-0.2, -0.15) is 4.31 Å². The van der Waals surface area contributed by atoms with E-state index in [4.69, 9.17) is 4.74 Å². The molecule has 1 unspecified atom stereocenters. The summed E-state index contributed by atoms with van der Waals surface area (Å²) in [5.74, 6) is -0.0958. The third kappa shape index (κ3) is 4.84. The predicted octanol–water partition coefficient (Wildman–Crippen LogP) is 3.74. The molecule has 0 bridgehead atoms. The maximum absolute atomic E-state index is 13.1. The van der Waals surface area contributed by atoms with Gasteiger partial charge in [0.2, 0.25) is 15.9 Å². The molecule has 34 heavy (non-hydrogen) atoms. The molecule has 0 saturated heterocycles. The first-order valence-corrected chi connectivity index (χ1v) is 13.6. The third-order valence-corrected chi connectivity index (χ3v) is 9.31. The average Bonchev–Trinajstić information content (AvgIpc) is 3.46. The smallest absolute Gasteiger partial charge is 0.249 e. The number of carbonyl (C=O) groups excluding carboxylic acids is 1. The minimum Gasteiger partial charge on any atom is -0.370 e. The van der Waals surface area contributed by atoms with Gasteiger partial charge >= 0.3 is 0 Å². The van der Waals surface area contributed by atoms with E-state index in [1.807, 2.05) is 67.6 Å². The van der Waals surface area contributed by atoms with Gasteiger partial charge in [-0.05, 0) is 55.5 Å². The van der Waals surface area contributed by atoms with Crippen LogP contribution in [0.15, 0.2) is 52.9 Å². The van der Waals surface area contributed by atoms with Crippen LogP contribution in [0, 0.1) is 20.8 Å². The normalized spacial score (nSPS) is 16.1. The molecule has 1 amide bonds. The lowest BCUT2D eigenvalue weighted by Gasteiger charge is -2.36. The number of rotatable bonds is 8. The van der Waals surface area contributed by atoms with E-state index < -0.39 is 10.0 Å². The minimum absolute atomic E-state index is 0.0843. The van der Waals surface area contributed by atoms with Gasteiger partial charge in [0.1, 0.15) is 12.6 Å². The van der Waals surface area contributed by atoms with Crippen LogP contribution in [-0.4, -0.2) is 61.4 Å². The number of nitrogens with zero attached hydrogens (tertiary/aromatic N) is 3. The summed E-state index contributed by atoms with van der Waals surface area (Å²) in [6, 6.07) is 11.7. The van der Waals surface area contributed by atoms with Crippen molar-refractivity contribution in [3.05, 3.63) is 75.2 Å². The lowest BCUT2D eigenvalue weighted by Crippen LogP contribution is -2.44. The number of thiophene rings is 1. The summed E-state index contributed by atoms with van der Waals surface area (Å²) in [4.78, 5) is 16.4. The predicted molar refractivity (Wildman–Crippen MR) is 134 cm³/mol. The first-order chi connectivity index (χ1) is 16.2. The molecule has 1 aliphatic heterocycles. The number of benzene rings is 1. The molecule has 0 spiro atoms. The molecule has 3 aromatic rings. The first-order valence-electron chi connectivity index (χ1n) is 11.3. The lowest BCUT2D eigenvalue weighted by atomic mass is 10.1. The molecule has 0 saturated carbocycles. The molecule has 1 aromatic carbocycles. The Balaban J connectivity index is 1.37. The van der Waals surface area contributed by atoms with Crippen LogP contribution in [0.2, 0.25) is 0 Å². The van der Waals surface area contributed by atoms with E-state index in [0.29, 0.717) is 11.4 Å². The second kappa shape index (κ2) is 10.0. The van der Waals surface area contributed by atoms with Crippen molar-refractivity contribution in [3.8, 4) is 0 Å². The van der Waals surface area contributed by atoms with E-state index in [1.54, 1.807) is 18.4 Å². The number of amides is 1. The number of sulfonamides is 1. The molecule has 1 atom stereocenters. The fourth-order valence-corrected chi connectivity index (χ4v) is 7.09. The largest absolute Gasteiger partial charge is 0.370 e. The fourth-order valence-electron chi connectivity index (χ4n) is 4.68. The van der Waals surface area contributed by atoms with Gasteiger partial charge in [-0.1, -0.05) is 23.8 Å². The van der Waals surface area contributed by atoms with Crippen LogP contribution in [0.4, 0.5) is 0 Å². The Labute approximate surface area is 205 Å². The maximum Gasteiger partial charge on any atom is 0.249 e. The van der Waals surface area contributed by atoms with Crippen LogP contribution < -0.4 is 0 Å². The summed E-state index contributed by atoms with van der Waals surface area (Å²) in [7, 11) is -2.10. The highest BCUT2D eigenvalue weighted by molar-refractivity contribution is 7.89. The van der Waals surface area contributed by atoms with Gasteiger partial charge < -0.3 is 14.2 Å². The molecule has 2 aromatic heterocycles. The van der Waals surface area contributed by atoms with Crippen molar-refractivity contribution >= 4 is 27.3 Å². The summed E-state index contributed by atoms with van der Waals surface area (Å²) in [6.07, 6.45) is 2.04. The highest BCUT2D eigenvalue weighted by Crippen LogP contribution is 2.34. The number of hydrogen-bond acceptors (Lipinski definition) is 5. The molecule has 9 heteroatoms. The molecule has 0 radical (unpaired) electrons. The Hall–Kier alpha value is -2.46. The number of fused-ring (bicyclic) bond motifs is 1. The fraction of sp³-hybridized carbons (Fsp3) is 0.400. The number of aryl methyl sites for hydroxylation is 3. The van der Waals surface area contributed by atoms with Gasteiger partial charge in [0.25, 0.3) is 0 Å². The molecular formula is C25H31N3O4S2. The van der Waals surface area contributed by atoms with E-state index in [9.17, 15) is 13.2 Å². The number of aromatic nitrogens is 1. The van der Waals surface area contributed by atoms with E-state index in [2.05, 4.69) is 10.6 Å². The van der Waals surface area contributed by atoms with E-state index in [-0.39, 0.29) is 31.7 Å². The zero-order valence-electron chi connectivity index (χ0n) is 20.0. The highest BCUT2D eigenvalue weighted by atomic mass is 32.2. The van der Waals surface area contributed by atoms with Crippen LogP contribution in [0.5, 0.6) is 0 Å². The van der Waals surface area contributed by atoms with Gasteiger partial charge in [0.05, 0.1) is 11.5 Å². The van der Waals surface area contributed by atoms with Crippen molar-refractivity contribution in [2.45, 2.75) is 38.3 Å². The van der Waals surface area contributed by atoms with E-state index >= 15 is 0 Å². The van der Waals surface area contributed by atoms with Gasteiger partial charge in [-0.25, -0.2) is 8.42 Å². The number of ether oxygens (including phenoxy) is 1. The third-order valence-electron chi connectivity index (χ3n) is 6.22. The average molecular weight is 502 g/mol. The second-order valence-electron chi connectivity index (χ2n) is 8.74. The summed E-state index contributed by atoms with van der Waals surface area (Å²) < 4.78 is 35.4. The van der Waals surface area contributed by atoms with Crippen molar-refractivity contribution in [3.63, 3.8) is 0 Å². The Morgan fingerprint density at radius 1 is 1.15 bits per heavy atom. The second-order valence-corrected chi connectivity index (χ2v) is 11.7. The maximum atomic E-state index is 13.1. The van der Waals surface area contributed by atoms with Gasteiger partial charge in [0.15, 0.2) is 0 Å². The van der Waals surface area contributed by atoms with Crippen LogP contribution in [0.3, 0.4) is 0 Å². The molecule has 0 fully saturated rings.